The van der Waals surface area contributed by atoms with Crippen molar-refractivity contribution in [2.24, 2.45) is 0 Å². The highest BCUT2D eigenvalue weighted by Gasteiger charge is 2.39. The number of nitrogens with one attached hydrogen (secondary N) is 6. The van der Waals surface area contributed by atoms with E-state index < -0.39 is 24.1 Å². The third-order valence-corrected chi connectivity index (χ3v) is 25.8. The van der Waals surface area contributed by atoms with Crippen LogP contribution in [0.25, 0.3) is 17.1 Å². The zero-order chi connectivity index (χ0) is 100. The van der Waals surface area contributed by atoms with Gasteiger partial charge >= 0.3 is 18.1 Å². The molecule has 8 N–H and O–H groups in total. The maximum Gasteiger partial charge on any atom is 0.323 e. The number of aromatic nitrogens is 6. The number of aliphatic hydroxyl groups is 2. The zero-order valence-corrected chi connectivity index (χ0v) is 82.9. The third-order valence-electron chi connectivity index (χ3n) is 25.8. The van der Waals surface area contributed by atoms with E-state index in [2.05, 4.69) is 79.5 Å². The van der Waals surface area contributed by atoms with Crippen molar-refractivity contribution in [2.45, 2.75) is 203 Å². The molecule has 141 heavy (non-hydrogen) atoms. The van der Waals surface area contributed by atoms with E-state index in [0.29, 0.717) is 171 Å². The van der Waals surface area contributed by atoms with Gasteiger partial charge in [-0.3, -0.25) is 28.8 Å². The van der Waals surface area contributed by atoms with Crippen LogP contribution in [0.4, 0.5) is 37.1 Å². The normalized spacial score (nSPS) is 14.3. The molecule has 15 rings (SSSR count). The molecule has 4 aliphatic heterocycles. The van der Waals surface area contributed by atoms with Crippen LogP contribution in [0, 0.1) is 13.8 Å². The van der Waals surface area contributed by atoms with Crippen LogP contribution >= 0.6 is 0 Å². The number of carbonyl (C=O) groups is 9. The summed E-state index contributed by atoms with van der Waals surface area (Å²) in [5.41, 5.74) is 13.9. The molecule has 32 heteroatoms. The van der Waals surface area contributed by atoms with Crippen molar-refractivity contribution in [1.29, 1.82) is 0 Å². The Kier molecular flexibility index (Phi) is 37.0. The first-order chi connectivity index (χ1) is 68.4. The lowest BCUT2D eigenvalue weighted by molar-refractivity contribution is 0.0539. The molecular formula is C109H134N18O14. The molecule has 7 heterocycles. The number of aryl methyl sites for hydroxylation is 2. The number of carbonyl (C=O) groups excluding carboxylic acids is 9. The number of unbranched alkanes of at least 4 members (excludes halogenated alkanes) is 6. The van der Waals surface area contributed by atoms with E-state index in [1.165, 1.54) is 5.56 Å². The summed E-state index contributed by atoms with van der Waals surface area (Å²) in [6, 6.07) is 56.4. The molecule has 0 saturated carbocycles. The highest BCUT2D eigenvalue weighted by molar-refractivity contribution is 6.05. The van der Waals surface area contributed by atoms with Gasteiger partial charge in [0.25, 0.3) is 35.4 Å². The molecule has 0 radical (unpaired) electrons. The smallest absolute Gasteiger partial charge is 0.323 e. The number of hydrogen-bond acceptors (Lipinski definition) is 17. The number of methoxy groups -OCH3 is 2. The van der Waals surface area contributed by atoms with Crippen LogP contribution in [0.3, 0.4) is 0 Å². The number of benzene rings is 8. The van der Waals surface area contributed by atoms with Gasteiger partial charge in [0, 0.05) is 118 Å². The molecule has 0 fully saturated rings. The number of nitrogens with zero attached hydrogens (tertiary/aromatic N) is 12. The number of aliphatic hydroxyl groups excluding tert-OH is 2. The van der Waals surface area contributed by atoms with E-state index in [1.807, 2.05) is 131 Å². The van der Waals surface area contributed by atoms with Crippen LogP contribution < -0.4 is 46.1 Å². The molecule has 0 bridgehead atoms. The standard InChI is InChI=1S/C39H48N6O5.C38H46N6O5.C32H40N6O4/c1-5-7-19-43(20-8-6-2)38(48)35-21-27(3)45(42-35)36-18-15-31(41-39(49)40-24-28-13-16-33(50-4)17-14-28)23-34(36)37(47)44-25-30-12-10-9-11-29(30)22-32(44)26-46;1-5-7-18-42(19-8-6-2)37(47)34-20-26(3)44(41-34)35-17-16-30(40-38(48)39-29-14-11-15-32(22-29)49-4)23-33(35)36(46)43-24-28-13-10-9-12-27(28)21-31(43)25-45;1-4-7-15-36(16-8-5-2)31(40)27-19-29-38(35-27)28-14-13-24(34-32(41)33-6-3)18-26(28)30(39)37-20-23-12-10-9-11-22(23)17-25(37)21-42-29/h9-18,21,23,32,46H,5-8,19-20,22,24-26H2,1-4H3,(H2,40,41,49);9-17,20,22-23,31,45H,5-8,18-19,21,24-25H2,1-4H3,(H2,39,40,48);9-14,18-19,25H,4-8,15-17,20-21H2,1-3H3,(H2,33,34,41)/t32-;31-;25-/m000/s1. The molecular weight excluding hydrogens is 1790 g/mol. The molecule has 11 aromatic rings. The van der Waals surface area contributed by atoms with E-state index in [1.54, 1.807) is 135 Å². The molecule has 12 amide bonds. The average molecular weight is 1920 g/mol. The molecule has 744 valence electrons. The van der Waals surface area contributed by atoms with Gasteiger partial charge in [0.1, 0.15) is 18.1 Å². The summed E-state index contributed by atoms with van der Waals surface area (Å²) < 4.78 is 21.6. The Morgan fingerprint density at radius 1 is 0.411 bits per heavy atom. The fourth-order valence-corrected chi connectivity index (χ4v) is 17.9. The fraction of sp³-hybridized carbons (Fsp3) is 0.394. The molecule has 8 aromatic carbocycles. The molecule has 3 aromatic heterocycles. The van der Waals surface area contributed by atoms with Crippen molar-refractivity contribution in [3.05, 3.63) is 278 Å². The van der Waals surface area contributed by atoms with Crippen LogP contribution in [0.15, 0.2) is 194 Å². The number of fused-ring (bicyclic) bond motifs is 7. The van der Waals surface area contributed by atoms with Crippen LogP contribution in [0.1, 0.15) is 238 Å². The molecule has 32 nitrogen and oxygen atoms in total. The number of hydrogen-bond donors (Lipinski definition) is 8. The Hall–Kier alpha value is -14.7. The van der Waals surface area contributed by atoms with Crippen molar-refractivity contribution in [2.75, 3.05) is 101 Å². The van der Waals surface area contributed by atoms with Crippen LogP contribution in [-0.4, -0.2) is 220 Å². The average Bonchev–Trinajstić information content (AvgIpc) is 1.63. The summed E-state index contributed by atoms with van der Waals surface area (Å²) in [6.45, 7) is 23.8. The van der Waals surface area contributed by atoms with E-state index in [9.17, 15) is 53.4 Å². The van der Waals surface area contributed by atoms with Crippen molar-refractivity contribution < 1.29 is 67.6 Å². The van der Waals surface area contributed by atoms with E-state index >= 15 is 0 Å². The minimum atomic E-state index is -0.498. The van der Waals surface area contributed by atoms with Crippen LogP contribution in [-0.2, 0) is 45.4 Å². The molecule has 4 aliphatic rings. The number of ether oxygens (including phenoxy) is 3. The summed E-state index contributed by atoms with van der Waals surface area (Å²) in [6.07, 6.45) is 13.0. The monoisotopic (exact) mass is 1920 g/mol. The van der Waals surface area contributed by atoms with Gasteiger partial charge in [-0.15, -0.1) is 0 Å². The van der Waals surface area contributed by atoms with Gasteiger partial charge in [0.2, 0.25) is 5.88 Å². The van der Waals surface area contributed by atoms with Gasteiger partial charge in [-0.1, -0.05) is 171 Å². The van der Waals surface area contributed by atoms with Crippen LogP contribution in [0.5, 0.6) is 17.4 Å². The van der Waals surface area contributed by atoms with E-state index in [0.717, 1.165) is 116 Å². The SMILES string of the molecule is CCCCN(CCCC)C(=O)c1cc(C)n(-c2ccc(NC(=O)NCc3ccc(OC)cc3)cc2C(=O)N2Cc3ccccc3C[C@H]2CO)n1.CCCCN(CCCC)C(=O)c1cc(C)n(-c2ccc(NC(=O)Nc3cccc(OC)c3)cc2C(=O)N2Cc3ccccc3C[C@H]2CO)n1.CCCCN(CCCC)C(=O)c1cc2n(n1)-c1ccc(NC(=O)NCC)cc1C(=O)N1Cc3ccccc3C[C@H]1CO2. The number of urea groups is 3. The second kappa shape index (κ2) is 50.3. The number of anilines is 4. The molecule has 0 aliphatic carbocycles. The van der Waals surface area contributed by atoms with Gasteiger partial charge < -0.3 is 85.7 Å². The second-order valence-electron chi connectivity index (χ2n) is 35.9. The van der Waals surface area contributed by atoms with E-state index in [-0.39, 0.29) is 84.2 Å². The third kappa shape index (κ3) is 26.1. The van der Waals surface area contributed by atoms with Gasteiger partial charge in [0.15, 0.2) is 17.1 Å². The van der Waals surface area contributed by atoms with Crippen molar-refractivity contribution in [3.63, 3.8) is 0 Å². The number of amides is 12. The second-order valence-corrected chi connectivity index (χ2v) is 35.9. The fourth-order valence-electron chi connectivity index (χ4n) is 17.9. The predicted octanol–water partition coefficient (Wildman–Crippen LogP) is 17.6. The van der Waals surface area contributed by atoms with Gasteiger partial charge in [0.05, 0.1) is 79.3 Å². The number of rotatable bonds is 36. The Morgan fingerprint density at radius 2 is 0.809 bits per heavy atom. The summed E-state index contributed by atoms with van der Waals surface area (Å²) >= 11 is 0. The predicted molar refractivity (Wildman–Crippen MR) is 546 cm³/mol. The van der Waals surface area contributed by atoms with Gasteiger partial charge in [-0.25, -0.2) is 23.7 Å². The maximum atomic E-state index is 14.5. The largest absolute Gasteiger partial charge is 0.497 e. The molecule has 3 atom stereocenters. The minimum Gasteiger partial charge on any atom is -0.497 e. The van der Waals surface area contributed by atoms with Crippen molar-refractivity contribution in [3.8, 4) is 34.4 Å². The highest BCUT2D eigenvalue weighted by Crippen LogP contribution is 2.37. The first-order valence-corrected chi connectivity index (χ1v) is 49.4. The Morgan fingerprint density at radius 3 is 1.25 bits per heavy atom. The Bertz CT molecular complexity index is 6160. The summed E-state index contributed by atoms with van der Waals surface area (Å²) in [7, 11) is 3.15. The Labute approximate surface area is 825 Å². The quantitative estimate of drug-likeness (QED) is 0.0181. The molecule has 0 spiro atoms. The summed E-state index contributed by atoms with van der Waals surface area (Å²) in [4.78, 5) is 133. The zero-order valence-electron chi connectivity index (χ0n) is 82.9. The Balaban J connectivity index is 0.000000179. The lowest BCUT2D eigenvalue weighted by Crippen LogP contribution is -2.47. The van der Waals surface area contributed by atoms with E-state index in [4.69, 9.17) is 29.5 Å². The summed E-state index contributed by atoms with van der Waals surface area (Å²) in [5, 5.41) is 51.8. The first-order valence-electron chi connectivity index (χ1n) is 49.4. The lowest BCUT2D eigenvalue weighted by Gasteiger charge is -2.36. The first kappa shape index (κ1) is 104. The van der Waals surface area contributed by atoms with Crippen molar-refractivity contribution in [1.82, 2.24) is 69.4 Å². The van der Waals surface area contributed by atoms with Crippen molar-refractivity contribution >= 4 is 76.3 Å². The lowest BCUT2D eigenvalue weighted by atomic mass is 9.93. The maximum absolute atomic E-state index is 14.5. The minimum absolute atomic E-state index is 0.138. The molecule has 0 unspecified atom stereocenters. The van der Waals surface area contributed by atoms with Crippen LogP contribution in [0.2, 0.25) is 0 Å². The topological polar surface area (TPSA) is 367 Å². The summed E-state index contributed by atoms with van der Waals surface area (Å²) in [5.74, 6) is 0.488. The van der Waals surface area contributed by atoms with Gasteiger partial charge in [-0.2, -0.15) is 20.0 Å². The highest BCUT2D eigenvalue weighted by atomic mass is 16.5. The molecule has 0 saturated heterocycles. The van der Waals surface area contributed by atoms with Gasteiger partial charge in [-0.05, 0) is 208 Å².